The summed E-state index contributed by atoms with van der Waals surface area (Å²) in [4.78, 5) is 32.3. The lowest BCUT2D eigenvalue weighted by molar-refractivity contribution is 0.0691. The molecule has 0 radical (unpaired) electrons. The fourth-order valence-corrected chi connectivity index (χ4v) is 4.51. The summed E-state index contributed by atoms with van der Waals surface area (Å²) in [6, 6.07) is 20.6. The number of nitrogens with zero attached hydrogens (tertiary/aromatic N) is 2. The van der Waals surface area contributed by atoms with Gasteiger partial charge in [-0.2, -0.15) is 4.98 Å². The van der Waals surface area contributed by atoms with E-state index in [4.69, 9.17) is 11.2 Å². The van der Waals surface area contributed by atoms with E-state index in [-0.39, 0.29) is 18.8 Å². The highest BCUT2D eigenvalue weighted by Crippen LogP contribution is 2.31. The molecule has 0 fully saturated rings. The van der Waals surface area contributed by atoms with E-state index >= 15 is 0 Å². The Kier molecular flexibility index (Phi) is 6.24. The zero-order valence-electron chi connectivity index (χ0n) is 20.5. The van der Waals surface area contributed by atoms with Gasteiger partial charge in [-0.1, -0.05) is 56.2 Å². The maximum Gasteiger partial charge on any atom is 0.352 e. The third kappa shape index (κ3) is 4.57. The largest absolute Gasteiger partial charge is 0.481 e. The topological polar surface area (TPSA) is 97.2 Å². The van der Waals surface area contributed by atoms with Crippen LogP contribution in [0.2, 0.25) is 0 Å². The van der Waals surface area contributed by atoms with Crippen LogP contribution in [0.3, 0.4) is 0 Å². The van der Waals surface area contributed by atoms with Gasteiger partial charge in [0.05, 0.1) is 17.8 Å². The van der Waals surface area contributed by atoms with Gasteiger partial charge in [0, 0.05) is 21.9 Å². The third-order valence-electron chi connectivity index (χ3n) is 6.44. The van der Waals surface area contributed by atoms with Crippen molar-refractivity contribution in [2.45, 2.75) is 26.3 Å². The Morgan fingerprint density at radius 3 is 2.59 bits per heavy atom. The predicted octanol–water partition coefficient (Wildman–Crippen LogP) is 5.43. The minimum Gasteiger partial charge on any atom is -0.481 e. The van der Waals surface area contributed by atoms with Gasteiger partial charge in [-0.25, -0.2) is 9.59 Å². The van der Waals surface area contributed by atoms with Crippen molar-refractivity contribution >= 4 is 27.8 Å². The summed E-state index contributed by atoms with van der Waals surface area (Å²) in [5.41, 5.74) is 4.44. The van der Waals surface area contributed by atoms with Crippen molar-refractivity contribution < 1.29 is 14.6 Å². The third-order valence-corrected chi connectivity index (χ3v) is 6.44. The Bertz CT molecular complexity index is 1740. The van der Waals surface area contributed by atoms with E-state index in [2.05, 4.69) is 29.7 Å². The number of hydrogen-bond acceptors (Lipinski definition) is 4. The normalized spacial score (nSPS) is 11.2. The zero-order valence-corrected chi connectivity index (χ0v) is 20.5. The highest BCUT2D eigenvalue weighted by molar-refractivity contribution is 5.96. The maximum atomic E-state index is 13.4. The Balaban J connectivity index is 1.68. The van der Waals surface area contributed by atoms with Gasteiger partial charge in [0.25, 0.3) is 0 Å². The first kappa shape index (κ1) is 23.9. The van der Waals surface area contributed by atoms with Gasteiger partial charge in [-0.15, -0.1) is 6.42 Å². The van der Waals surface area contributed by atoms with Gasteiger partial charge < -0.3 is 14.8 Å². The number of fused-ring (bicyclic) bond motifs is 2. The number of aromatic amines is 1. The molecular weight excluding hydrogens is 466 g/mol. The van der Waals surface area contributed by atoms with Crippen molar-refractivity contribution in [2.75, 3.05) is 6.61 Å². The van der Waals surface area contributed by atoms with Crippen LogP contribution in [-0.4, -0.2) is 32.2 Å². The highest BCUT2D eigenvalue weighted by atomic mass is 16.5. The molecule has 0 aliphatic heterocycles. The van der Waals surface area contributed by atoms with Crippen molar-refractivity contribution in [1.82, 2.24) is 14.5 Å². The van der Waals surface area contributed by atoms with Crippen LogP contribution in [0.4, 0.5) is 0 Å². The lowest BCUT2D eigenvalue weighted by Gasteiger charge is -2.15. The molecule has 7 nitrogen and oxygen atoms in total. The van der Waals surface area contributed by atoms with E-state index in [1.165, 1.54) is 5.56 Å². The molecule has 2 heterocycles. The second-order valence-electron chi connectivity index (χ2n) is 9.14. The number of nitrogens with one attached hydrogen (secondary N) is 1. The molecule has 7 heteroatoms. The molecule has 0 amide bonds. The molecule has 0 aliphatic rings. The molecule has 2 aromatic heterocycles. The summed E-state index contributed by atoms with van der Waals surface area (Å²) in [7, 11) is 0. The lowest BCUT2D eigenvalue weighted by atomic mass is 9.99. The van der Waals surface area contributed by atoms with E-state index in [0.29, 0.717) is 28.4 Å². The average molecular weight is 492 g/mol. The first-order chi connectivity index (χ1) is 17.9. The van der Waals surface area contributed by atoms with Crippen LogP contribution >= 0.6 is 0 Å². The van der Waals surface area contributed by atoms with Gasteiger partial charge in [-0.05, 0) is 47.4 Å². The van der Waals surface area contributed by atoms with E-state index in [9.17, 15) is 14.7 Å². The van der Waals surface area contributed by atoms with Crippen molar-refractivity contribution in [2.24, 2.45) is 0 Å². The fraction of sp³-hybridized carbons (Fsp3) is 0.167. The number of carboxylic acid groups (broad SMARTS) is 1. The summed E-state index contributed by atoms with van der Waals surface area (Å²) in [6.07, 6.45) is 5.37. The van der Waals surface area contributed by atoms with Crippen LogP contribution in [-0.2, 0) is 6.54 Å². The monoisotopic (exact) mass is 491 g/mol. The molecule has 0 saturated carbocycles. The van der Waals surface area contributed by atoms with Crippen molar-refractivity contribution in [3.05, 3.63) is 94.0 Å². The van der Waals surface area contributed by atoms with Gasteiger partial charge in [0.1, 0.15) is 18.1 Å². The SMILES string of the molecule is C#CCOc1ccc2c(c1)c(-c1ccc(C(C)C)cc1)nc(=O)n2Cc1cccc2[nH]c(C(=O)O)cc12. The number of carbonyl (C=O) groups is 1. The minimum absolute atomic E-state index is 0.0910. The molecule has 5 aromatic rings. The molecule has 0 spiro atoms. The Morgan fingerprint density at radius 1 is 1.11 bits per heavy atom. The molecule has 0 aliphatic carbocycles. The second-order valence-corrected chi connectivity index (χ2v) is 9.14. The fourth-order valence-electron chi connectivity index (χ4n) is 4.51. The molecule has 0 atom stereocenters. The number of rotatable bonds is 7. The van der Waals surface area contributed by atoms with Crippen molar-refractivity contribution in [3.63, 3.8) is 0 Å². The zero-order chi connectivity index (χ0) is 26.1. The lowest BCUT2D eigenvalue weighted by Crippen LogP contribution is -2.24. The van der Waals surface area contributed by atoms with Crippen LogP contribution in [0, 0.1) is 12.3 Å². The molecule has 0 unspecified atom stereocenters. The van der Waals surface area contributed by atoms with Crippen molar-refractivity contribution in [1.29, 1.82) is 0 Å². The molecule has 3 aromatic carbocycles. The number of hydrogen-bond donors (Lipinski definition) is 2. The van der Waals surface area contributed by atoms with Gasteiger partial charge in [0.15, 0.2) is 0 Å². The number of aromatic nitrogens is 3. The van der Waals surface area contributed by atoms with Gasteiger partial charge in [0.2, 0.25) is 0 Å². The van der Waals surface area contributed by atoms with E-state index in [0.717, 1.165) is 21.9 Å². The highest BCUT2D eigenvalue weighted by Gasteiger charge is 2.16. The maximum absolute atomic E-state index is 13.4. The summed E-state index contributed by atoms with van der Waals surface area (Å²) in [6.45, 7) is 4.60. The van der Waals surface area contributed by atoms with E-state index in [1.54, 1.807) is 16.7 Å². The van der Waals surface area contributed by atoms with Gasteiger partial charge in [-0.3, -0.25) is 4.57 Å². The molecule has 5 rings (SSSR count). The van der Waals surface area contributed by atoms with E-state index in [1.807, 2.05) is 54.6 Å². The van der Waals surface area contributed by atoms with Crippen LogP contribution in [0.25, 0.3) is 33.1 Å². The number of carboxylic acids is 1. The Morgan fingerprint density at radius 2 is 1.89 bits per heavy atom. The predicted molar refractivity (Wildman–Crippen MR) is 144 cm³/mol. The summed E-state index contributed by atoms with van der Waals surface area (Å²) in [5, 5.41) is 10.9. The minimum atomic E-state index is -1.04. The van der Waals surface area contributed by atoms with Crippen LogP contribution in [0.15, 0.2) is 71.5 Å². The number of ether oxygens (including phenoxy) is 1. The first-order valence-corrected chi connectivity index (χ1v) is 11.9. The number of benzene rings is 3. The molecular formula is C30H25N3O4. The molecule has 0 bridgehead atoms. The number of H-pyrrole nitrogens is 1. The van der Waals surface area contributed by atoms with Gasteiger partial charge >= 0.3 is 11.7 Å². The second kappa shape index (κ2) is 9.67. The van der Waals surface area contributed by atoms with Crippen LogP contribution < -0.4 is 10.4 Å². The van der Waals surface area contributed by atoms with Crippen molar-refractivity contribution in [3.8, 4) is 29.4 Å². The Hall–Kier alpha value is -4.83. The van der Waals surface area contributed by atoms with E-state index < -0.39 is 11.7 Å². The molecule has 2 N–H and O–H groups in total. The molecule has 0 saturated heterocycles. The standard InChI is InChI=1S/C30H25N3O4/c1-4-14-37-22-12-13-27-24(15-22)28(20-10-8-19(9-11-20)18(2)3)32-30(36)33(27)17-21-6-5-7-25-23(21)16-26(31-25)29(34)35/h1,5-13,15-16,18,31H,14,17H2,2-3H3,(H,34,35). The van der Waals surface area contributed by atoms with Crippen LogP contribution in [0.1, 0.15) is 41.4 Å². The number of terminal acetylenes is 1. The first-order valence-electron chi connectivity index (χ1n) is 11.9. The van der Waals surface area contributed by atoms with Crippen LogP contribution in [0.5, 0.6) is 5.75 Å². The molecule has 37 heavy (non-hydrogen) atoms. The Labute approximate surface area is 213 Å². The number of aromatic carboxylic acids is 1. The summed E-state index contributed by atoms with van der Waals surface area (Å²) in [5.74, 6) is 2.39. The summed E-state index contributed by atoms with van der Waals surface area (Å²) >= 11 is 0. The molecule has 184 valence electrons. The summed E-state index contributed by atoms with van der Waals surface area (Å²) < 4.78 is 7.26. The quantitative estimate of drug-likeness (QED) is 0.296. The smallest absolute Gasteiger partial charge is 0.352 e. The average Bonchev–Trinajstić information content (AvgIpc) is 3.35.